The molecule has 0 spiro atoms. The minimum atomic E-state index is 0.811. The van der Waals surface area contributed by atoms with Crippen LogP contribution in [0.4, 0.5) is 0 Å². The van der Waals surface area contributed by atoms with Crippen molar-refractivity contribution in [2.24, 2.45) is 5.73 Å². The lowest BCUT2D eigenvalue weighted by Gasteiger charge is -2.05. The first-order chi connectivity index (χ1) is 8.36. The Bertz CT molecular complexity index is 285. The van der Waals surface area contributed by atoms with Crippen LogP contribution in [0.25, 0.3) is 0 Å². The molecule has 0 heterocycles. The van der Waals surface area contributed by atoms with E-state index in [2.05, 4.69) is 17.4 Å². The Morgan fingerprint density at radius 3 is 2.47 bits per heavy atom. The first-order valence-corrected chi connectivity index (χ1v) is 6.40. The fourth-order valence-corrected chi connectivity index (χ4v) is 1.72. The smallest absolute Gasteiger partial charge is 0.118 e. The Morgan fingerprint density at radius 1 is 1.06 bits per heavy atom. The molecule has 0 radical (unpaired) electrons. The molecule has 0 aromatic heterocycles. The van der Waals surface area contributed by atoms with Gasteiger partial charge < -0.3 is 15.8 Å². The average Bonchev–Trinajstić information content (AvgIpc) is 2.38. The van der Waals surface area contributed by atoms with E-state index in [1.54, 1.807) is 7.11 Å². The predicted octanol–water partition coefficient (Wildman–Crippen LogP) is 1.96. The molecule has 0 aliphatic carbocycles. The lowest BCUT2D eigenvalue weighted by molar-refractivity contribution is 0.414. The van der Waals surface area contributed by atoms with E-state index < -0.39 is 0 Å². The highest BCUT2D eigenvalue weighted by atomic mass is 16.5. The normalized spacial score (nSPS) is 10.5. The lowest BCUT2D eigenvalue weighted by atomic mass is 10.1. The maximum atomic E-state index is 5.44. The molecule has 0 bridgehead atoms. The first-order valence-electron chi connectivity index (χ1n) is 6.40. The maximum absolute atomic E-state index is 5.44. The predicted molar refractivity (Wildman–Crippen MR) is 72.5 cm³/mol. The van der Waals surface area contributed by atoms with Crippen LogP contribution < -0.4 is 15.8 Å². The zero-order valence-corrected chi connectivity index (χ0v) is 10.7. The molecule has 17 heavy (non-hydrogen) atoms. The van der Waals surface area contributed by atoms with E-state index in [9.17, 15) is 0 Å². The fraction of sp³-hybridized carbons (Fsp3) is 0.571. The van der Waals surface area contributed by atoms with Gasteiger partial charge in [0.1, 0.15) is 5.75 Å². The van der Waals surface area contributed by atoms with Crippen LogP contribution in [0.2, 0.25) is 0 Å². The van der Waals surface area contributed by atoms with Crippen LogP contribution in [-0.4, -0.2) is 26.7 Å². The van der Waals surface area contributed by atoms with Crippen molar-refractivity contribution in [3.63, 3.8) is 0 Å². The van der Waals surface area contributed by atoms with Crippen molar-refractivity contribution >= 4 is 0 Å². The van der Waals surface area contributed by atoms with Gasteiger partial charge in [0.2, 0.25) is 0 Å². The lowest BCUT2D eigenvalue weighted by Crippen LogP contribution is -2.18. The van der Waals surface area contributed by atoms with E-state index in [4.69, 9.17) is 10.5 Å². The Morgan fingerprint density at radius 2 is 1.82 bits per heavy atom. The summed E-state index contributed by atoms with van der Waals surface area (Å²) in [6, 6.07) is 8.26. The molecule has 3 nitrogen and oxygen atoms in total. The van der Waals surface area contributed by atoms with Gasteiger partial charge in [-0.25, -0.2) is 0 Å². The largest absolute Gasteiger partial charge is 0.497 e. The summed E-state index contributed by atoms with van der Waals surface area (Å²) in [4.78, 5) is 0. The summed E-state index contributed by atoms with van der Waals surface area (Å²) in [5, 5.41) is 3.45. The molecular formula is C14H24N2O. The zero-order chi connectivity index (χ0) is 12.3. The number of benzene rings is 1. The topological polar surface area (TPSA) is 47.3 Å². The van der Waals surface area contributed by atoms with Crippen LogP contribution in [-0.2, 0) is 6.42 Å². The van der Waals surface area contributed by atoms with Gasteiger partial charge in [-0.05, 0) is 56.6 Å². The summed E-state index contributed by atoms with van der Waals surface area (Å²) in [5.41, 5.74) is 6.79. The van der Waals surface area contributed by atoms with E-state index in [0.717, 1.165) is 38.2 Å². The summed E-state index contributed by atoms with van der Waals surface area (Å²) in [6.45, 7) is 2.94. The standard InChI is InChI=1S/C14H24N2O/c1-17-14-7-5-13(6-8-14)9-12-16-11-4-2-3-10-15/h5-8,16H,2-4,9-12,15H2,1H3. The maximum Gasteiger partial charge on any atom is 0.118 e. The Balaban J connectivity index is 2.05. The van der Waals surface area contributed by atoms with Crippen molar-refractivity contribution in [2.45, 2.75) is 25.7 Å². The van der Waals surface area contributed by atoms with E-state index in [1.165, 1.54) is 18.4 Å². The molecule has 0 aliphatic heterocycles. The van der Waals surface area contributed by atoms with Crippen LogP contribution in [0, 0.1) is 0 Å². The molecule has 96 valence electrons. The number of unbranched alkanes of at least 4 members (excludes halogenated alkanes) is 2. The molecule has 0 atom stereocenters. The molecule has 0 fully saturated rings. The Kier molecular flexibility index (Phi) is 7.43. The van der Waals surface area contributed by atoms with Crippen LogP contribution in [0.15, 0.2) is 24.3 Å². The van der Waals surface area contributed by atoms with Gasteiger partial charge in [0.25, 0.3) is 0 Å². The molecule has 0 unspecified atom stereocenters. The van der Waals surface area contributed by atoms with Gasteiger partial charge in [-0.3, -0.25) is 0 Å². The number of hydrogen-bond acceptors (Lipinski definition) is 3. The molecule has 3 heteroatoms. The van der Waals surface area contributed by atoms with Crippen molar-refractivity contribution in [2.75, 3.05) is 26.7 Å². The summed E-state index contributed by atoms with van der Waals surface area (Å²) >= 11 is 0. The van der Waals surface area contributed by atoms with Crippen LogP contribution in [0.3, 0.4) is 0 Å². The zero-order valence-electron chi connectivity index (χ0n) is 10.7. The molecular weight excluding hydrogens is 212 g/mol. The second kappa shape index (κ2) is 9.02. The quantitative estimate of drug-likeness (QED) is 0.644. The SMILES string of the molecule is COc1ccc(CCNCCCCCN)cc1. The highest BCUT2D eigenvalue weighted by molar-refractivity contribution is 5.27. The third-order valence-corrected chi connectivity index (χ3v) is 2.81. The third kappa shape index (κ3) is 6.29. The first kappa shape index (κ1) is 14.0. The van der Waals surface area contributed by atoms with Crippen LogP contribution in [0.5, 0.6) is 5.75 Å². The molecule has 0 saturated carbocycles. The van der Waals surface area contributed by atoms with E-state index in [-0.39, 0.29) is 0 Å². The second-order valence-corrected chi connectivity index (χ2v) is 4.20. The Labute approximate surface area is 104 Å². The molecule has 1 rings (SSSR count). The van der Waals surface area contributed by atoms with E-state index >= 15 is 0 Å². The van der Waals surface area contributed by atoms with Gasteiger partial charge >= 0.3 is 0 Å². The minimum Gasteiger partial charge on any atom is -0.497 e. The van der Waals surface area contributed by atoms with Gasteiger partial charge in [-0.2, -0.15) is 0 Å². The molecule has 0 aliphatic rings. The van der Waals surface area contributed by atoms with Crippen LogP contribution >= 0.6 is 0 Å². The number of nitrogens with two attached hydrogens (primary N) is 1. The summed E-state index contributed by atoms with van der Waals surface area (Å²) in [6.07, 6.45) is 4.66. The van der Waals surface area contributed by atoms with Crippen molar-refractivity contribution in [3.05, 3.63) is 29.8 Å². The number of rotatable bonds is 9. The minimum absolute atomic E-state index is 0.811. The molecule has 1 aromatic carbocycles. The highest BCUT2D eigenvalue weighted by Gasteiger charge is 1.94. The van der Waals surface area contributed by atoms with Crippen molar-refractivity contribution in [1.82, 2.24) is 5.32 Å². The van der Waals surface area contributed by atoms with Gasteiger partial charge in [0.05, 0.1) is 7.11 Å². The van der Waals surface area contributed by atoms with Crippen molar-refractivity contribution in [1.29, 1.82) is 0 Å². The van der Waals surface area contributed by atoms with Gasteiger partial charge in [0, 0.05) is 0 Å². The molecule has 0 amide bonds. The average molecular weight is 236 g/mol. The number of methoxy groups -OCH3 is 1. The van der Waals surface area contributed by atoms with Crippen molar-refractivity contribution < 1.29 is 4.74 Å². The summed E-state index contributed by atoms with van der Waals surface area (Å²) < 4.78 is 5.12. The molecule has 3 N–H and O–H groups in total. The van der Waals surface area contributed by atoms with E-state index in [0.29, 0.717) is 0 Å². The number of ether oxygens (including phenoxy) is 1. The van der Waals surface area contributed by atoms with Gasteiger partial charge in [-0.1, -0.05) is 18.6 Å². The summed E-state index contributed by atoms with van der Waals surface area (Å²) in [5.74, 6) is 0.920. The number of hydrogen-bond donors (Lipinski definition) is 2. The van der Waals surface area contributed by atoms with Gasteiger partial charge in [-0.15, -0.1) is 0 Å². The highest BCUT2D eigenvalue weighted by Crippen LogP contribution is 2.11. The van der Waals surface area contributed by atoms with Crippen molar-refractivity contribution in [3.8, 4) is 5.75 Å². The summed E-state index contributed by atoms with van der Waals surface area (Å²) in [7, 11) is 1.69. The second-order valence-electron chi connectivity index (χ2n) is 4.20. The third-order valence-electron chi connectivity index (χ3n) is 2.81. The molecule has 1 aromatic rings. The van der Waals surface area contributed by atoms with E-state index in [1.807, 2.05) is 12.1 Å². The van der Waals surface area contributed by atoms with Gasteiger partial charge in [0.15, 0.2) is 0 Å². The fourth-order valence-electron chi connectivity index (χ4n) is 1.72. The monoisotopic (exact) mass is 236 g/mol. The van der Waals surface area contributed by atoms with Crippen LogP contribution in [0.1, 0.15) is 24.8 Å². The Hall–Kier alpha value is -1.06. The molecule has 0 saturated heterocycles. The number of nitrogens with one attached hydrogen (secondary N) is 1.